The molecule has 1 saturated heterocycles. The van der Waals surface area contributed by atoms with Gasteiger partial charge in [0.2, 0.25) is 11.8 Å². The van der Waals surface area contributed by atoms with Gasteiger partial charge in [0, 0.05) is 10.6 Å². The molecule has 7 heteroatoms. The lowest BCUT2D eigenvalue weighted by Gasteiger charge is -2.15. The SMILES string of the molecule is O=C(COC(=O)c1ccc(N2C(=O)[C@H]3CC=CC[C@H]3C2=O)cc1)c1ccc(Cl)cc1. The Labute approximate surface area is 178 Å². The number of esters is 1. The van der Waals surface area contributed by atoms with Crippen molar-refractivity contribution in [2.75, 3.05) is 11.5 Å². The molecule has 0 aromatic heterocycles. The smallest absolute Gasteiger partial charge is 0.338 e. The van der Waals surface area contributed by atoms with Gasteiger partial charge in [-0.1, -0.05) is 23.8 Å². The second-order valence-corrected chi connectivity index (χ2v) is 7.66. The summed E-state index contributed by atoms with van der Waals surface area (Å²) in [6, 6.07) is 12.3. The molecule has 4 rings (SSSR count). The van der Waals surface area contributed by atoms with Crippen LogP contribution >= 0.6 is 11.6 Å². The average Bonchev–Trinajstić information content (AvgIpc) is 3.03. The minimum Gasteiger partial charge on any atom is -0.454 e. The number of ether oxygens (including phenoxy) is 1. The maximum Gasteiger partial charge on any atom is 0.338 e. The monoisotopic (exact) mass is 423 g/mol. The molecule has 0 saturated carbocycles. The zero-order valence-electron chi connectivity index (χ0n) is 15.9. The Morgan fingerprint density at radius 3 is 1.97 bits per heavy atom. The molecule has 2 aromatic rings. The van der Waals surface area contributed by atoms with E-state index in [1.165, 1.54) is 29.2 Å². The summed E-state index contributed by atoms with van der Waals surface area (Å²) in [6.07, 6.45) is 5.00. The van der Waals surface area contributed by atoms with Crippen LogP contribution in [0.25, 0.3) is 0 Å². The molecule has 2 aromatic carbocycles. The van der Waals surface area contributed by atoms with Crippen molar-refractivity contribution >= 4 is 40.9 Å². The number of hydrogen-bond acceptors (Lipinski definition) is 5. The van der Waals surface area contributed by atoms with E-state index in [9.17, 15) is 19.2 Å². The predicted molar refractivity (Wildman–Crippen MR) is 110 cm³/mol. The standard InChI is InChI=1S/C23H18ClNO5/c24-16-9-5-14(6-10-16)20(26)13-30-23(29)15-7-11-17(12-8-15)25-21(27)18-3-1-2-4-19(18)22(25)28/h1-2,5-12,18-19H,3-4,13H2/t18-,19+. The van der Waals surface area contributed by atoms with E-state index in [1.807, 2.05) is 12.2 Å². The number of carbonyl (C=O) groups excluding carboxylic acids is 4. The van der Waals surface area contributed by atoms with Crippen molar-refractivity contribution < 1.29 is 23.9 Å². The number of rotatable bonds is 5. The molecular formula is C23H18ClNO5. The molecule has 0 radical (unpaired) electrons. The number of hydrogen-bond donors (Lipinski definition) is 0. The van der Waals surface area contributed by atoms with Gasteiger partial charge >= 0.3 is 5.97 Å². The molecule has 0 bridgehead atoms. The first-order chi connectivity index (χ1) is 14.5. The Kier molecular flexibility index (Phi) is 5.50. The second kappa shape index (κ2) is 8.24. The van der Waals surface area contributed by atoms with E-state index in [0.717, 1.165) is 0 Å². The summed E-state index contributed by atoms with van der Waals surface area (Å²) in [5.41, 5.74) is 1.04. The zero-order valence-corrected chi connectivity index (χ0v) is 16.7. The fourth-order valence-electron chi connectivity index (χ4n) is 3.73. The van der Waals surface area contributed by atoms with Crippen LogP contribution in [0, 0.1) is 11.8 Å². The summed E-state index contributed by atoms with van der Waals surface area (Å²) < 4.78 is 5.08. The van der Waals surface area contributed by atoms with Gasteiger partial charge in [-0.25, -0.2) is 4.79 Å². The van der Waals surface area contributed by atoms with Gasteiger partial charge in [0.1, 0.15) is 0 Å². The van der Waals surface area contributed by atoms with Crippen molar-refractivity contribution in [1.82, 2.24) is 0 Å². The van der Waals surface area contributed by atoms with E-state index in [-0.39, 0.29) is 35.0 Å². The summed E-state index contributed by atoms with van der Waals surface area (Å²) in [7, 11) is 0. The first-order valence-electron chi connectivity index (χ1n) is 9.54. The molecule has 6 nitrogen and oxygen atoms in total. The fourth-order valence-corrected chi connectivity index (χ4v) is 3.86. The molecule has 1 aliphatic carbocycles. The maximum absolute atomic E-state index is 12.6. The minimum absolute atomic E-state index is 0.210. The van der Waals surface area contributed by atoms with Crippen LogP contribution in [0.5, 0.6) is 0 Å². The summed E-state index contributed by atoms with van der Waals surface area (Å²) in [4.78, 5) is 50.8. The summed E-state index contributed by atoms with van der Waals surface area (Å²) in [5.74, 6) is -2.06. The van der Waals surface area contributed by atoms with E-state index in [0.29, 0.717) is 29.1 Å². The van der Waals surface area contributed by atoms with Crippen LogP contribution in [-0.4, -0.2) is 30.2 Å². The third kappa shape index (κ3) is 3.78. The summed E-state index contributed by atoms with van der Waals surface area (Å²) >= 11 is 5.79. The molecule has 0 N–H and O–H groups in total. The number of ketones is 1. The molecule has 1 aliphatic heterocycles. The average molecular weight is 424 g/mol. The number of carbonyl (C=O) groups is 4. The molecule has 1 fully saturated rings. The number of imide groups is 1. The molecule has 2 atom stereocenters. The van der Waals surface area contributed by atoms with E-state index in [2.05, 4.69) is 0 Å². The predicted octanol–water partition coefficient (Wildman–Crippen LogP) is 3.84. The Balaban J connectivity index is 1.40. The van der Waals surface area contributed by atoms with Gasteiger partial charge in [-0.05, 0) is 61.4 Å². The topological polar surface area (TPSA) is 80.8 Å². The lowest BCUT2D eigenvalue weighted by molar-refractivity contribution is -0.122. The van der Waals surface area contributed by atoms with Gasteiger partial charge in [-0.2, -0.15) is 0 Å². The van der Waals surface area contributed by atoms with Crippen molar-refractivity contribution in [1.29, 1.82) is 0 Å². The second-order valence-electron chi connectivity index (χ2n) is 7.22. The highest BCUT2D eigenvalue weighted by molar-refractivity contribution is 6.30. The van der Waals surface area contributed by atoms with Crippen LogP contribution in [0.15, 0.2) is 60.7 Å². The molecule has 2 amide bonds. The highest BCUT2D eigenvalue weighted by Gasteiger charge is 2.47. The third-order valence-electron chi connectivity index (χ3n) is 5.37. The Hall–Kier alpha value is -3.25. The molecule has 152 valence electrons. The number of Topliss-reactive ketones (excluding diaryl/α,β-unsaturated/α-hetero) is 1. The van der Waals surface area contributed by atoms with Crippen LogP contribution < -0.4 is 4.90 Å². The maximum atomic E-state index is 12.6. The van der Waals surface area contributed by atoms with Crippen molar-refractivity contribution in [3.63, 3.8) is 0 Å². The Morgan fingerprint density at radius 2 is 1.40 bits per heavy atom. The quantitative estimate of drug-likeness (QED) is 0.316. The number of allylic oxidation sites excluding steroid dienone is 2. The normalized spacial score (nSPS) is 20.2. The van der Waals surface area contributed by atoms with Crippen molar-refractivity contribution in [2.45, 2.75) is 12.8 Å². The molecule has 0 unspecified atom stereocenters. The first kappa shape index (κ1) is 20.0. The highest BCUT2D eigenvalue weighted by Crippen LogP contribution is 2.37. The van der Waals surface area contributed by atoms with Crippen LogP contribution in [0.3, 0.4) is 0 Å². The molecule has 30 heavy (non-hydrogen) atoms. The lowest BCUT2D eigenvalue weighted by Crippen LogP contribution is -2.30. The first-order valence-corrected chi connectivity index (χ1v) is 9.92. The molecule has 1 heterocycles. The number of amides is 2. The van der Waals surface area contributed by atoms with E-state index < -0.39 is 12.6 Å². The fraction of sp³-hybridized carbons (Fsp3) is 0.217. The lowest BCUT2D eigenvalue weighted by atomic mass is 9.85. The van der Waals surface area contributed by atoms with Crippen molar-refractivity contribution in [3.05, 3.63) is 76.8 Å². The molecule has 0 spiro atoms. The summed E-state index contributed by atoms with van der Waals surface area (Å²) in [5, 5.41) is 0.508. The van der Waals surface area contributed by atoms with Crippen LogP contribution in [-0.2, 0) is 14.3 Å². The number of halogens is 1. The highest BCUT2D eigenvalue weighted by atomic mass is 35.5. The largest absolute Gasteiger partial charge is 0.454 e. The van der Waals surface area contributed by atoms with E-state index in [4.69, 9.17) is 16.3 Å². The van der Waals surface area contributed by atoms with Crippen LogP contribution in [0.2, 0.25) is 5.02 Å². The summed E-state index contributed by atoms with van der Waals surface area (Å²) in [6.45, 7) is -0.401. The van der Waals surface area contributed by atoms with Crippen LogP contribution in [0.4, 0.5) is 5.69 Å². The van der Waals surface area contributed by atoms with Crippen molar-refractivity contribution in [2.24, 2.45) is 11.8 Å². The van der Waals surface area contributed by atoms with Gasteiger partial charge in [-0.3, -0.25) is 19.3 Å². The number of nitrogens with zero attached hydrogens (tertiary/aromatic N) is 1. The van der Waals surface area contributed by atoms with Crippen LogP contribution in [0.1, 0.15) is 33.6 Å². The van der Waals surface area contributed by atoms with Crippen molar-refractivity contribution in [3.8, 4) is 0 Å². The van der Waals surface area contributed by atoms with Gasteiger partial charge < -0.3 is 4.74 Å². The zero-order chi connectivity index (χ0) is 21.3. The van der Waals surface area contributed by atoms with Gasteiger partial charge in [0.05, 0.1) is 23.1 Å². The minimum atomic E-state index is -0.666. The van der Waals surface area contributed by atoms with E-state index in [1.54, 1.807) is 24.3 Å². The van der Waals surface area contributed by atoms with Gasteiger partial charge in [0.15, 0.2) is 12.4 Å². The molecule has 2 aliphatic rings. The van der Waals surface area contributed by atoms with Gasteiger partial charge in [0.25, 0.3) is 0 Å². The number of anilines is 1. The molecular weight excluding hydrogens is 406 g/mol. The Bertz CT molecular complexity index is 1020. The van der Waals surface area contributed by atoms with Gasteiger partial charge in [-0.15, -0.1) is 0 Å². The third-order valence-corrected chi connectivity index (χ3v) is 5.62. The van der Waals surface area contributed by atoms with E-state index >= 15 is 0 Å². The number of fused-ring (bicyclic) bond motifs is 1. The Morgan fingerprint density at radius 1 is 0.867 bits per heavy atom. The number of benzene rings is 2.